The van der Waals surface area contributed by atoms with Crippen LogP contribution in [0.4, 0.5) is 30.1 Å². The van der Waals surface area contributed by atoms with E-state index in [1.165, 1.54) is 11.3 Å². The van der Waals surface area contributed by atoms with E-state index in [-0.39, 0.29) is 16.7 Å². The highest BCUT2D eigenvalue weighted by Crippen LogP contribution is 2.28. The summed E-state index contributed by atoms with van der Waals surface area (Å²) in [5.41, 5.74) is 1.71. The van der Waals surface area contributed by atoms with Crippen molar-refractivity contribution in [1.82, 2.24) is 15.5 Å². The Morgan fingerprint density at radius 3 is 2.38 bits per heavy atom. The molecule has 2 aromatic carbocycles. The average molecular weight is 489 g/mol. The molecule has 8 nitrogen and oxygen atoms in total. The first-order valence-corrected chi connectivity index (χ1v) is 11.4. The molecular weight excluding hydrogens is 462 g/mol. The summed E-state index contributed by atoms with van der Waals surface area (Å²) in [5, 5.41) is 16.7. The number of urea groups is 1. The molecule has 0 aliphatic carbocycles. The molecule has 0 radical (unpaired) electrons. The molecule has 3 amide bonds. The molecule has 3 rings (SSSR count). The van der Waals surface area contributed by atoms with Gasteiger partial charge in [-0.25, -0.2) is 13.6 Å². The third kappa shape index (κ3) is 6.25. The van der Waals surface area contributed by atoms with Gasteiger partial charge in [0, 0.05) is 31.4 Å². The number of amides is 3. The van der Waals surface area contributed by atoms with E-state index in [2.05, 4.69) is 26.1 Å². The number of hydrogen-bond donors (Lipinski definition) is 3. The molecule has 3 N–H and O–H groups in total. The number of carbonyl (C=O) groups is 2. The molecule has 0 aliphatic rings. The number of aromatic nitrogens is 2. The Kier molecular flexibility index (Phi) is 8.11. The first-order valence-electron chi connectivity index (χ1n) is 10.6. The van der Waals surface area contributed by atoms with E-state index in [0.29, 0.717) is 17.5 Å². The second-order valence-electron chi connectivity index (χ2n) is 7.93. The standard InChI is InChI=1S/C23H26F2N6O2S/c1-5-13(2)19(27-22(33)26-18-11-8-15(24)12-17(18)25)20(32)28-23-30-29-21(34-23)14-6-9-16(10-7-14)31(3)4/h6-13,19H,5H2,1-4H3,(H2,26,27,33)(H,28,30,32). The fourth-order valence-electron chi connectivity index (χ4n) is 3.07. The second kappa shape index (κ2) is 11.0. The zero-order chi connectivity index (χ0) is 24.8. The summed E-state index contributed by atoms with van der Waals surface area (Å²) in [6.45, 7) is 3.69. The van der Waals surface area contributed by atoms with Crippen LogP contribution in [0.15, 0.2) is 42.5 Å². The number of rotatable bonds is 8. The van der Waals surface area contributed by atoms with Crippen LogP contribution in [-0.4, -0.2) is 42.3 Å². The first kappa shape index (κ1) is 25.0. The van der Waals surface area contributed by atoms with Crippen LogP contribution >= 0.6 is 11.3 Å². The highest BCUT2D eigenvalue weighted by Gasteiger charge is 2.27. The zero-order valence-electron chi connectivity index (χ0n) is 19.2. The maximum Gasteiger partial charge on any atom is 0.319 e. The third-order valence-corrected chi connectivity index (χ3v) is 6.13. The van der Waals surface area contributed by atoms with Gasteiger partial charge in [-0.2, -0.15) is 0 Å². The van der Waals surface area contributed by atoms with Gasteiger partial charge in [0.2, 0.25) is 11.0 Å². The van der Waals surface area contributed by atoms with Gasteiger partial charge in [-0.15, -0.1) is 10.2 Å². The topological polar surface area (TPSA) is 99.2 Å². The van der Waals surface area contributed by atoms with E-state index in [4.69, 9.17) is 0 Å². The van der Waals surface area contributed by atoms with Gasteiger partial charge in [0.1, 0.15) is 22.7 Å². The molecule has 180 valence electrons. The normalized spacial score (nSPS) is 12.5. The van der Waals surface area contributed by atoms with Crippen LogP contribution in [0.25, 0.3) is 10.6 Å². The molecule has 2 unspecified atom stereocenters. The lowest BCUT2D eigenvalue weighted by atomic mass is 9.98. The Bertz CT molecular complexity index is 1150. The number of halogens is 2. The van der Waals surface area contributed by atoms with Gasteiger partial charge < -0.3 is 15.5 Å². The van der Waals surface area contributed by atoms with Crippen molar-refractivity contribution in [2.45, 2.75) is 26.3 Å². The van der Waals surface area contributed by atoms with Crippen LogP contribution < -0.4 is 20.9 Å². The predicted octanol–water partition coefficient (Wildman–Crippen LogP) is 4.72. The smallest absolute Gasteiger partial charge is 0.319 e. The number of carbonyl (C=O) groups excluding carboxylic acids is 2. The van der Waals surface area contributed by atoms with Crippen LogP contribution in [0.3, 0.4) is 0 Å². The molecule has 3 aromatic rings. The molecule has 0 bridgehead atoms. The summed E-state index contributed by atoms with van der Waals surface area (Å²) in [5.74, 6) is -2.38. The van der Waals surface area contributed by atoms with E-state index >= 15 is 0 Å². The van der Waals surface area contributed by atoms with Crippen LogP contribution in [0.5, 0.6) is 0 Å². The maximum atomic E-state index is 13.8. The number of anilines is 3. The van der Waals surface area contributed by atoms with E-state index in [9.17, 15) is 18.4 Å². The van der Waals surface area contributed by atoms with Crippen LogP contribution in [0.1, 0.15) is 20.3 Å². The Labute approximate surface area is 200 Å². The fraction of sp³-hybridized carbons (Fsp3) is 0.304. The van der Waals surface area contributed by atoms with Crippen molar-refractivity contribution in [3.8, 4) is 10.6 Å². The molecule has 1 aromatic heterocycles. The monoisotopic (exact) mass is 488 g/mol. The summed E-state index contributed by atoms with van der Waals surface area (Å²) < 4.78 is 26.9. The molecule has 1 heterocycles. The summed E-state index contributed by atoms with van der Waals surface area (Å²) in [6, 6.07) is 8.85. The summed E-state index contributed by atoms with van der Waals surface area (Å²) in [6.07, 6.45) is 0.600. The Hall–Kier alpha value is -3.60. The minimum atomic E-state index is -0.917. The molecular formula is C23H26F2N6O2S. The highest BCUT2D eigenvalue weighted by atomic mass is 32.1. The highest BCUT2D eigenvalue weighted by molar-refractivity contribution is 7.18. The number of hydrogen-bond acceptors (Lipinski definition) is 6. The van der Waals surface area contributed by atoms with Crippen LogP contribution in [0, 0.1) is 17.6 Å². The molecule has 0 fully saturated rings. The van der Waals surface area contributed by atoms with Crippen LogP contribution in [-0.2, 0) is 4.79 Å². The van der Waals surface area contributed by atoms with Gasteiger partial charge in [0.05, 0.1) is 5.69 Å². The Morgan fingerprint density at radius 1 is 1.06 bits per heavy atom. The molecule has 0 spiro atoms. The van der Waals surface area contributed by atoms with Gasteiger partial charge >= 0.3 is 6.03 Å². The van der Waals surface area contributed by atoms with Crippen molar-refractivity contribution >= 4 is 39.8 Å². The van der Waals surface area contributed by atoms with Gasteiger partial charge in [0.25, 0.3) is 0 Å². The summed E-state index contributed by atoms with van der Waals surface area (Å²) in [4.78, 5) is 27.3. The van der Waals surface area contributed by atoms with Crippen molar-refractivity contribution in [2.24, 2.45) is 5.92 Å². The van der Waals surface area contributed by atoms with Gasteiger partial charge in [0.15, 0.2) is 0 Å². The van der Waals surface area contributed by atoms with Crippen molar-refractivity contribution in [2.75, 3.05) is 29.6 Å². The zero-order valence-corrected chi connectivity index (χ0v) is 20.0. The van der Waals surface area contributed by atoms with Crippen molar-refractivity contribution in [1.29, 1.82) is 0 Å². The SMILES string of the molecule is CCC(C)C(NC(=O)Nc1ccc(F)cc1F)C(=O)Nc1nnc(-c2ccc(N(C)C)cc2)s1. The number of benzene rings is 2. The number of nitrogens with zero attached hydrogens (tertiary/aromatic N) is 3. The lowest BCUT2D eigenvalue weighted by Crippen LogP contribution is -2.49. The fourth-order valence-corrected chi connectivity index (χ4v) is 3.82. The molecule has 11 heteroatoms. The molecule has 0 saturated heterocycles. The van der Waals surface area contributed by atoms with E-state index in [1.807, 2.05) is 50.2 Å². The summed E-state index contributed by atoms with van der Waals surface area (Å²) >= 11 is 1.21. The average Bonchev–Trinajstić information content (AvgIpc) is 3.27. The van der Waals surface area contributed by atoms with E-state index in [1.54, 1.807) is 6.92 Å². The van der Waals surface area contributed by atoms with Crippen molar-refractivity contribution in [3.05, 3.63) is 54.1 Å². The minimum Gasteiger partial charge on any atom is -0.378 e. The Morgan fingerprint density at radius 2 is 1.76 bits per heavy atom. The molecule has 0 saturated carbocycles. The minimum absolute atomic E-state index is 0.198. The molecule has 0 aliphatic heterocycles. The predicted molar refractivity (Wildman–Crippen MR) is 130 cm³/mol. The summed E-state index contributed by atoms with van der Waals surface area (Å²) in [7, 11) is 3.90. The number of nitrogens with one attached hydrogen (secondary N) is 3. The van der Waals surface area contributed by atoms with Crippen molar-refractivity contribution in [3.63, 3.8) is 0 Å². The van der Waals surface area contributed by atoms with Gasteiger partial charge in [-0.3, -0.25) is 10.1 Å². The van der Waals surface area contributed by atoms with Gasteiger partial charge in [-0.05, 0) is 42.3 Å². The molecule has 2 atom stereocenters. The molecule has 34 heavy (non-hydrogen) atoms. The van der Waals surface area contributed by atoms with Crippen LogP contribution in [0.2, 0.25) is 0 Å². The second-order valence-corrected chi connectivity index (χ2v) is 8.91. The van der Waals surface area contributed by atoms with Gasteiger partial charge in [-0.1, -0.05) is 31.6 Å². The van der Waals surface area contributed by atoms with Crippen molar-refractivity contribution < 1.29 is 18.4 Å². The lowest BCUT2D eigenvalue weighted by Gasteiger charge is -2.23. The lowest BCUT2D eigenvalue weighted by molar-refractivity contribution is -0.119. The Balaban J connectivity index is 1.68. The largest absolute Gasteiger partial charge is 0.378 e. The quantitative estimate of drug-likeness (QED) is 0.426. The first-order chi connectivity index (χ1) is 16.2. The third-order valence-electron chi connectivity index (χ3n) is 5.25. The van der Waals surface area contributed by atoms with E-state index in [0.717, 1.165) is 23.4 Å². The maximum absolute atomic E-state index is 13.8. The van der Waals surface area contributed by atoms with E-state index < -0.39 is 29.6 Å².